The van der Waals surface area contributed by atoms with E-state index in [1.165, 1.54) is 0 Å². The molecule has 1 aromatic carbocycles. The van der Waals surface area contributed by atoms with Gasteiger partial charge in [0.1, 0.15) is 17.7 Å². The van der Waals surface area contributed by atoms with Gasteiger partial charge in [-0.05, 0) is 52.2 Å². The zero-order chi connectivity index (χ0) is 25.8. The zero-order valence-electron chi connectivity index (χ0n) is 20.6. The summed E-state index contributed by atoms with van der Waals surface area (Å²) in [7, 11) is 0. The largest absolute Gasteiger partial charge is 0.480 e. The molecule has 3 rings (SSSR count). The Bertz CT molecular complexity index is 1080. The highest BCUT2D eigenvalue weighted by Crippen LogP contribution is 2.21. The van der Waals surface area contributed by atoms with Gasteiger partial charge in [0.05, 0.1) is 0 Å². The first kappa shape index (κ1) is 26.1. The summed E-state index contributed by atoms with van der Waals surface area (Å²) in [5.41, 5.74) is 1.06. The number of carbonyl (C=O) groups is 4. The van der Waals surface area contributed by atoms with Crippen LogP contribution in [-0.4, -0.2) is 69.6 Å². The molecule has 0 saturated carbocycles. The minimum absolute atomic E-state index is 0.163. The van der Waals surface area contributed by atoms with Crippen LogP contribution in [-0.2, 0) is 25.5 Å². The molecule has 0 radical (unpaired) electrons. The van der Waals surface area contributed by atoms with Crippen LogP contribution in [0.5, 0.6) is 0 Å². The Kier molecular flexibility index (Phi) is 8.03. The van der Waals surface area contributed by atoms with Crippen LogP contribution < -0.4 is 10.6 Å². The van der Waals surface area contributed by atoms with Crippen LogP contribution in [0.3, 0.4) is 0 Å². The van der Waals surface area contributed by atoms with Gasteiger partial charge in [0.2, 0.25) is 11.8 Å². The minimum Gasteiger partial charge on any atom is -0.480 e. The molecule has 2 atom stereocenters. The van der Waals surface area contributed by atoms with Gasteiger partial charge in [0.15, 0.2) is 0 Å². The molecule has 1 fully saturated rings. The highest BCUT2D eigenvalue weighted by molar-refractivity contribution is 5.88. The molecule has 1 aliphatic heterocycles. The highest BCUT2D eigenvalue weighted by atomic mass is 16.6. The molecule has 2 aromatic rings. The lowest BCUT2D eigenvalue weighted by Crippen LogP contribution is -2.52. The molecule has 10 heteroatoms. The SMILES string of the molecule is C[C@H](NC(=O)OC(C)(C)C)C(=O)N1CCC(C(=O)N[C@@H](Cc2c[nH]c3ccccc23)C(=O)O)CC1. The molecule has 0 bridgehead atoms. The van der Waals surface area contributed by atoms with Crippen LogP contribution in [0.4, 0.5) is 4.79 Å². The lowest BCUT2D eigenvalue weighted by Gasteiger charge is -2.33. The van der Waals surface area contributed by atoms with E-state index in [0.29, 0.717) is 25.9 Å². The third kappa shape index (κ3) is 6.97. The Balaban J connectivity index is 1.51. The summed E-state index contributed by atoms with van der Waals surface area (Å²) in [6.45, 7) is 7.50. The molecule has 0 spiro atoms. The number of para-hydroxylation sites is 1. The predicted molar refractivity (Wildman–Crippen MR) is 130 cm³/mol. The monoisotopic (exact) mass is 486 g/mol. The van der Waals surface area contributed by atoms with E-state index in [1.807, 2.05) is 24.3 Å². The minimum atomic E-state index is -1.10. The maximum absolute atomic E-state index is 12.8. The Hall–Kier alpha value is -3.56. The normalized spacial score (nSPS) is 16.4. The van der Waals surface area contributed by atoms with E-state index in [2.05, 4.69) is 15.6 Å². The number of piperidine rings is 1. The summed E-state index contributed by atoms with van der Waals surface area (Å²) in [6.07, 6.45) is 2.09. The van der Waals surface area contributed by atoms with Crippen LogP contribution in [0, 0.1) is 5.92 Å². The second-order valence-electron chi connectivity index (χ2n) is 9.93. The van der Waals surface area contributed by atoms with Crippen LogP contribution >= 0.6 is 0 Å². The van der Waals surface area contributed by atoms with Gasteiger partial charge in [-0.25, -0.2) is 9.59 Å². The van der Waals surface area contributed by atoms with Crippen LogP contribution in [0.1, 0.15) is 46.1 Å². The van der Waals surface area contributed by atoms with Crippen molar-refractivity contribution in [2.24, 2.45) is 5.92 Å². The Morgan fingerprint density at radius 1 is 1.14 bits per heavy atom. The van der Waals surface area contributed by atoms with E-state index >= 15 is 0 Å². The van der Waals surface area contributed by atoms with Crippen molar-refractivity contribution in [1.29, 1.82) is 0 Å². The first-order chi connectivity index (χ1) is 16.4. The molecular formula is C25H34N4O6. The average Bonchev–Trinajstić information content (AvgIpc) is 3.19. The number of aromatic nitrogens is 1. The number of amides is 3. The van der Waals surface area contributed by atoms with E-state index in [4.69, 9.17) is 4.74 Å². The van der Waals surface area contributed by atoms with E-state index in [0.717, 1.165) is 16.5 Å². The van der Waals surface area contributed by atoms with E-state index < -0.39 is 35.7 Å². The predicted octanol–water partition coefficient (Wildman–Crippen LogP) is 2.43. The Labute approximate surface area is 204 Å². The molecule has 10 nitrogen and oxygen atoms in total. The van der Waals surface area contributed by atoms with Gasteiger partial charge in [-0.3, -0.25) is 9.59 Å². The fraction of sp³-hybridized carbons (Fsp3) is 0.520. The maximum atomic E-state index is 12.8. The number of hydrogen-bond acceptors (Lipinski definition) is 5. The van der Waals surface area contributed by atoms with Gasteiger partial charge < -0.3 is 30.4 Å². The van der Waals surface area contributed by atoms with Crippen molar-refractivity contribution in [2.45, 2.75) is 64.6 Å². The zero-order valence-corrected chi connectivity index (χ0v) is 20.6. The number of carboxylic acid groups (broad SMARTS) is 1. The molecule has 0 aliphatic carbocycles. The van der Waals surface area contributed by atoms with Crippen molar-refractivity contribution in [1.82, 2.24) is 20.5 Å². The summed E-state index contributed by atoms with van der Waals surface area (Å²) in [5, 5.41) is 15.8. The van der Waals surface area contributed by atoms with Crippen molar-refractivity contribution < 1.29 is 29.0 Å². The first-order valence-electron chi connectivity index (χ1n) is 11.8. The molecule has 1 aliphatic rings. The number of aromatic amines is 1. The molecular weight excluding hydrogens is 452 g/mol. The van der Waals surface area contributed by atoms with Gasteiger partial charge in [-0.2, -0.15) is 0 Å². The van der Waals surface area contributed by atoms with Gasteiger partial charge in [0, 0.05) is 42.5 Å². The second-order valence-corrected chi connectivity index (χ2v) is 9.93. The van der Waals surface area contributed by atoms with Gasteiger partial charge in [-0.1, -0.05) is 18.2 Å². The van der Waals surface area contributed by atoms with Gasteiger partial charge >= 0.3 is 12.1 Å². The number of H-pyrrole nitrogens is 1. The number of rotatable bonds is 7. The standard InChI is InChI=1S/C25H34N4O6/c1-15(27-24(34)35-25(2,3)4)22(31)29-11-9-16(10-12-29)21(30)28-20(23(32)33)13-17-14-26-19-8-6-5-7-18(17)19/h5-8,14-16,20,26H,9-13H2,1-4H3,(H,27,34)(H,28,30)(H,32,33)/t15-,20-/m0/s1. The van der Waals surface area contributed by atoms with Gasteiger partial charge in [0.25, 0.3) is 0 Å². The van der Waals surface area contributed by atoms with Crippen molar-refractivity contribution in [3.8, 4) is 0 Å². The van der Waals surface area contributed by atoms with E-state index in [-0.39, 0.29) is 18.2 Å². The number of fused-ring (bicyclic) bond motifs is 1. The maximum Gasteiger partial charge on any atom is 0.408 e. The van der Waals surface area contributed by atoms with Crippen LogP contribution in [0.2, 0.25) is 0 Å². The lowest BCUT2D eigenvalue weighted by molar-refractivity contribution is -0.143. The number of nitrogens with zero attached hydrogens (tertiary/aromatic N) is 1. The first-order valence-corrected chi connectivity index (χ1v) is 11.8. The number of alkyl carbamates (subject to hydrolysis) is 1. The summed E-state index contributed by atoms with van der Waals surface area (Å²) in [6, 6.07) is 5.78. The third-order valence-corrected chi connectivity index (χ3v) is 5.99. The average molecular weight is 487 g/mol. The number of ether oxygens (including phenoxy) is 1. The molecule has 1 aromatic heterocycles. The number of aliphatic carboxylic acids is 1. The Morgan fingerprint density at radius 3 is 2.43 bits per heavy atom. The van der Waals surface area contributed by atoms with Crippen molar-refractivity contribution in [3.63, 3.8) is 0 Å². The molecule has 1 saturated heterocycles. The fourth-order valence-electron chi connectivity index (χ4n) is 4.19. The molecule has 4 N–H and O–H groups in total. The number of benzene rings is 1. The molecule has 190 valence electrons. The molecule has 0 unspecified atom stereocenters. The van der Waals surface area contributed by atoms with Crippen molar-refractivity contribution in [2.75, 3.05) is 13.1 Å². The number of likely N-dealkylation sites (tertiary alicyclic amines) is 1. The van der Waals surface area contributed by atoms with Crippen LogP contribution in [0.15, 0.2) is 30.5 Å². The summed E-state index contributed by atoms with van der Waals surface area (Å²) in [4.78, 5) is 54.0. The smallest absolute Gasteiger partial charge is 0.408 e. The number of carboxylic acids is 1. The second kappa shape index (κ2) is 10.8. The quantitative estimate of drug-likeness (QED) is 0.474. The van der Waals surface area contributed by atoms with Crippen molar-refractivity contribution in [3.05, 3.63) is 36.0 Å². The third-order valence-electron chi connectivity index (χ3n) is 5.99. The summed E-state index contributed by atoms with van der Waals surface area (Å²) < 4.78 is 5.19. The fourth-order valence-corrected chi connectivity index (χ4v) is 4.19. The topological polar surface area (TPSA) is 141 Å². The number of nitrogens with one attached hydrogen (secondary N) is 3. The Morgan fingerprint density at radius 2 is 1.80 bits per heavy atom. The van der Waals surface area contributed by atoms with Crippen molar-refractivity contribution >= 4 is 34.8 Å². The highest BCUT2D eigenvalue weighted by Gasteiger charge is 2.32. The molecule has 35 heavy (non-hydrogen) atoms. The summed E-state index contributed by atoms with van der Waals surface area (Å²) >= 11 is 0. The molecule has 2 heterocycles. The van der Waals surface area contributed by atoms with Gasteiger partial charge in [-0.15, -0.1) is 0 Å². The van der Waals surface area contributed by atoms with E-state index in [1.54, 1.807) is 38.8 Å². The molecule has 3 amide bonds. The summed E-state index contributed by atoms with van der Waals surface area (Å²) in [5.74, 6) is -2.07. The lowest BCUT2D eigenvalue weighted by atomic mass is 9.94. The van der Waals surface area contributed by atoms with Crippen LogP contribution in [0.25, 0.3) is 10.9 Å². The number of hydrogen-bond donors (Lipinski definition) is 4. The number of carbonyl (C=O) groups excluding carboxylic acids is 3. The van der Waals surface area contributed by atoms with E-state index in [9.17, 15) is 24.3 Å².